The molecule has 1 aliphatic heterocycles. The van der Waals surface area contributed by atoms with E-state index in [-0.39, 0.29) is 18.6 Å². The van der Waals surface area contributed by atoms with Crippen molar-refractivity contribution in [1.29, 1.82) is 0 Å². The van der Waals surface area contributed by atoms with Crippen LogP contribution in [0.25, 0.3) is 0 Å². The molecular formula is C16H16BrNO3. The lowest BCUT2D eigenvalue weighted by molar-refractivity contribution is 0.174. The fraction of sp³-hybridized carbons (Fsp3) is 0.250. The maximum atomic E-state index is 10.0. The Labute approximate surface area is 131 Å². The molecule has 0 aliphatic carbocycles. The molecule has 2 aromatic rings. The molecule has 0 saturated carbocycles. The molecule has 0 spiro atoms. The first-order chi connectivity index (χ1) is 10.1. The van der Waals surface area contributed by atoms with Gasteiger partial charge >= 0.3 is 0 Å². The molecule has 1 heterocycles. The number of ether oxygens (including phenoxy) is 2. The van der Waals surface area contributed by atoms with Gasteiger partial charge in [0, 0.05) is 28.7 Å². The molecule has 0 fully saturated rings. The predicted octanol–water partition coefficient (Wildman–Crippen LogP) is 3.73. The van der Waals surface area contributed by atoms with Crippen molar-refractivity contribution in [3.63, 3.8) is 0 Å². The van der Waals surface area contributed by atoms with E-state index in [0.717, 1.165) is 10.0 Å². The summed E-state index contributed by atoms with van der Waals surface area (Å²) in [5.41, 5.74) is 1.99. The van der Waals surface area contributed by atoms with Crippen molar-refractivity contribution in [3.8, 4) is 17.2 Å². The molecule has 1 atom stereocenters. The quantitative estimate of drug-likeness (QED) is 0.882. The fourth-order valence-electron chi connectivity index (χ4n) is 2.25. The van der Waals surface area contributed by atoms with Crippen LogP contribution in [-0.2, 0) is 6.54 Å². The van der Waals surface area contributed by atoms with Crippen LogP contribution < -0.4 is 14.8 Å². The van der Waals surface area contributed by atoms with Crippen molar-refractivity contribution in [2.24, 2.45) is 0 Å². The Bertz CT molecular complexity index is 643. The molecule has 4 nitrogen and oxygen atoms in total. The van der Waals surface area contributed by atoms with E-state index in [2.05, 4.69) is 40.3 Å². The van der Waals surface area contributed by atoms with Crippen molar-refractivity contribution in [1.82, 2.24) is 5.32 Å². The second-order valence-electron chi connectivity index (χ2n) is 4.99. The number of hydrogen-bond acceptors (Lipinski definition) is 4. The van der Waals surface area contributed by atoms with Gasteiger partial charge in [0.25, 0.3) is 0 Å². The molecule has 3 rings (SSSR count). The van der Waals surface area contributed by atoms with E-state index in [9.17, 15) is 5.11 Å². The van der Waals surface area contributed by atoms with Crippen LogP contribution in [-0.4, -0.2) is 11.9 Å². The summed E-state index contributed by atoms with van der Waals surface area (Å²) in [5.74, 6) is 1.49. The summed E-state index contributed by atoms with van der Waals surface area (Å²) in [6.07, 6.45) is 0. The number of nitrogens with one attached hydrogen (secondary N) is 1. The van der Waals surface area contributed by atoms with Crippen molar-refractivity contribution < 1.29 is 14.6 Å². The van der Waals surface area contributed by atoms with Crippen LogP contribution in [0.5, 0.6) is 17.2 Å². The van der Waals surface area contributed by atoms with Gasteiger partial charge in [-0.25, -0.2) is 0 Å². The largest absolute Gasteiger partial charge is 0.507 e. The van der Waals surface area contributed by atoms with Crippen molar-refractivity contribution >= 4 is 15.9 Å². The van der Waals surface area contributed by atoms with Crippen LogP contribution >= 0.6 is 15.9 Å². The number of hydrogen-bond donors (Lipinski definition) is 2. The average molecular weight is 350 g/mol. The van der Waals surface area contributed by atoms with Gasteiger partial charge in [0.05, 0.1) is 0 Å². The number of rotatable bonds is 4. The first-order valence-corrected chi connectivity index (χ1v) is 7.53. The second-order valence-corrected chi connectivity index (χ2v) is 5.90. The molecule has 0 radical (unpaired) electrons. The Morgan fingerprint density at radius 2 is 1.86 bits per heavy atom. The third-order valence-electron chi connectivity index (χ3n) is 3.54. The highest BCUT2D eigenvalue weighted by atomic mass is 79.9. The predicted molar refractivity (Wildman–Crippen MR) is 83.6 cm³/mol. The van der Waals surface area contributed by atoms with Gasteiger partial charge in [-0.15, -0.1) is 0 Å². The van der Waals surface area contributed by atoms with Gasteiger partial charge in [-0.3, -0.25) is 0 Å². The highest BCUT2D eigenvalue weighted by Crippen LogP contribution is 2.37. The molecule has 0 aromatic heterocycles. The molecule has 0 bridgehead atoms. The van der Waals surface area contributed by atoms with Gasteiger partial charge in [0.1, 0.15) is 5.75 Å². The Morgan fingerprint density at radius 3 is 2.57 bits per heavy atom. The van der Waals surface area contributed by atoms with E-state index in [1.165, 1.54) is 5.56 Å². The van der Waals surface area contributed by atoms with E-state index in [1.54, 1.807) is 6.07 Å². The molecule has 21 heavy (non-hydrogen) atoms. The third-order valence-corrected chi connectivity index (χ3v) is 4.07. The van der Waals surface area contributed by atoms with Gasteiger partial charge in [-0.1, -0.05) is 28.1 Å². The summed E-state index contributed by atoms with van der Waals surface area (Å²) in [6.45, 7) is 2.86. The van der Waals surface area contributed by atoms with E-state index < -0.39 is 0 Å². The minimum absolute atomic E-state index is 0.183. The topological polar surface area (TPSA) is 50.7 Å². The Kier molecular flexibility index (Phi) is 4.03. The first kappa shape index (κ1) is 14.2. The van der Waals surface area contributed by atoms with Gasteiger partial charge in [-0.2, -0.15) is 0 Å². The van der Waals surface area contributed by atoms with Crippen LogP contribution in [0.2, 0.25) is 0 Å². The fourth-order valence-corrected chi connectivity index (χ4v) is 2.51. The monoisotopic (exact) mass is 349 g/mol. The molecular weight excluding hydrogens is 334 g/mol. The summed E-state index contributed by atoms with van der Waals surface area (Å²) in [4.78, 5) is 0. The molecule has 2 N–H and O–H groups in total. The maximum absolute atomic E-state index is 10.0. The minimum Gasteiger partial charge on any atom is -0.507 e. The number of halogens is 1. The van der Waals surface area contributed by atoms with Crippen LogP contribution in [0.1, 0.15) is 24.1 Å². The molecule has 2 aromatic carbocycles. The lowest BCUT2D eigenvalue weighted by Gasteiger charge is -2.15. The average Bonchev–Trinajstić information content (AvgIpc) is 2.92. The summed E-state index contributed by atoms with van der Waals surface area (Å²) >= 11 is 3.43. The summed E-state index contributed by atoms with van der Waals surface area (Å²) in [7, 11) is 0. The zero-order valence-corrected chi connectivity index (χ0v) is 13.2. The molecule has 0 amide bonds. The van der Waals surface area contributed by atoms with Crippen LogP contribution in [0.15, 0.2) is 40.9 Å². The van der Waals surface area contributed by atoms with Gasteiger partial charge in [0.2, 0.25) is 6.79 Å². The second kappa shape index (κ2) is 5.95. The Morgan fingerprint density at radius 1 is 1.19 bits per heavy atom. The summed E-state index contributed by atoms with van der Waals surface area (Å²) < 4.78 is 11.6. The van der Waals surface area contributed by atoms with Crippen LogP contribution in [0.4, 0.5) is 0 Å². The number of benzene rings is 2. The zero-order chi connectivity index (χ0) is 14.8. The van der Waals surface area contributed by atoms with Crippen molar-refractivity contribution in [2.45, 2.75) is 19.5 Å². The Hall–Kier alpha value is -1.72. The molecule has 1 aliphatic rings. The highest BCUT2D eigenvalue weighted by Gasteiger charge is 2.17. The molecule has 0 saturated heterocycles. The number of fused-ring (bicyclic) bond motifs is 1. The van der Waals surface area contributed by atoms with Gasteiger partial charge in [-0.05, 0) is 30.7 Å². The molecule has 0 unspecified atom stereocenters. The van der Waals surface area contributed by atoms with Crippen molar-refractivity contribution in [3.05, 3.63) is 52.0 Å². The van der Waals surface area contributed by atoms with Crippen LogP contribution in [0, 0.1) is 0 Å². The van der Waals surface area contributed by atoms with E-state index >= 15 is 0 Å². The lowest BCUT2D eigenvalue weighted by Crippen LogP contribution is -2.18. The van der Waals surface area contributed by atoms with Crippen molar-refractivity contribution in [2.75, 3.05) is 6.79 Å². The SMILES string of the molecule is C[C@H](NCc1cc2c(cc1O)OCO2)c1ccc(Br)cc1. The minimum atomic E-state index is 0.183. The van der Waals surface area contributed by atoms with E-state index in [4.69, 9.17) is 9.47 Å². The molecule has 110 valence electrons. The number of phenolic OH excluding ortho intramolecular Hbond substituents is 1. The summed E-state index contributed by atoms with van der Waals surface area (Å²) in [6, 6.07) is 11.8. The highest BCUT2D eigenvalue weighted by molar-refractivity contribution is 9.10. The molecule has 5 heteroatoms. The number of phenols is 1. The smallest absolute Gasteiger partial charge is 0.231 e. The third kappa shape index (κ3) is 3.14. The normalized spacial score (nSPS) is 14.2. The zero-order valence-electron chi connectivity index (χ0n) is 11.6. The standard InChI is InChI=1S/C16H16BrNO3/c1-10(11-2-4-13(17)5-3-11)18-8-12-6-15-16(7-14(12)19)21-9-20-15/h2-7,10,18-19H,8-9H2,1H3/t10-/m0/s1. The lowest BCUT2D eigenvalue weighted by atomic mass is 10.1. The van der Waals surface area contributed by atoms with Crippen LogP contribution in [0.3, 0.4) is 0 Å². The maximum Gasteiger partial charge on any atom is 0.231 e. The van der Waals surface area contributed by atoms with Gasteiger partial charge in [0.15, 0.2) is 11.5 Å². The van der Waals surface area contributed by atoms with E-state index in [1.807, 2.05) is 18.2 Å². The van der Waals surface area contributed by atoms with Gasteiger partial charge < -0.3 is 19.9 Å². The number of aromatic hydroxyl groups is 1. The van der Waals surface area contributed by atoms with E-state index in [0.29, 0.717) is 18.0 Å². The summed E-state index contributed by atoms with van der Waals surface area (Å²) in [5, 5.41) is 13.4. The Balaban J connectivity index is 1.68. The first-order valence-electron chi connectivity index (χ1n) is 6.74.